The molecule has 2 aromatic heterocycles. The van der Waals surface area contributed by atoms with Gasteiger partial charge >= 0.3 is 0 Å². The first kappa shape index (κ1) is 15.2. The highest BCUT2D eigenvalue weighted by Gasteiger charge is 2.23. The van der Waals surface area contributed by atoms with Crippen LogP contribution in [-0.2, 0) is 6.42 Å². The first-order valence-electron chi connectivity index (χ1n) is 8.52. The summed E-state index contributed by atoms with van der Waals surface area (Å²) < 4.78 is 26.8. The molecule has 26 heavy (non-hydrogen) atoms. The number of hydrogen-bond acceptors (Lipinski definition) is 3. The zero-order chi connectivity index (χ0) is 17.7. The number of aromatic nitrogens is 5. The summed E-state index contributed by atoms with van der Waals surface area (Å²) in [5, 5.41) is 15.3. The number of H-pyrrole nitrogens is 2. The Balaban J connectivity index is 1.55. The van der Waals surface area contributed by atoms with Crippen molar-refractivity contribution in [3.63, 3.8) is 0 Å². The summed E-state index contributed by atoms with van der Waals surface area (Å²) in [6.45, 7) is 0. The maximum absolute atomic E-state index is 13.6. The fraction of sp³-hybridized carbons (Fsp3) is 0.211. The third kappa shape index (κ3) is 2.65. The van der Waals surface area contributed by atoms with E-state index in [0.717, 1.165) is 46.8 Å². The van der Waals surface area contributed by atoms with Gasteiger partial charge < -0.3 is 0 Å². The van der Waals surface area contributed by atoms with Gasteiger partial charge in [0.25, 0.3) is 0 Å². The van der Waals surface area contributed by atoms with Gasteiger partial charge in [0.1, 0.15) is 11.5 Å². The average molecular weight is 351 g/mol. The summed E-state index contributed by atoms with van der Waals surface area (Å²) in [5.74, 6) is 0.481. The van der Waals surface area contributed by atoms with Gasteiger partial charge in [0.05, 0.1) is 5.52 Å². The van der Waals surface area contributed by atoms with E-state index in [1.54, 1.807) is 0 Å². The van der Waals surface area contributed by atoms with Gasteiger partial charge in [-0.1, -0.05) is 0 Å². The number of fused-ring (bicyclic) bond motifs is 1. The Morgan fingerprint density at radius 3 is 2.58 bits per heavy atom. The molecule has 2 heterocycles. The Morgan fingerprint density at radius 2 is 1.77 bits per heavy atom. The van der Waals surface area contributed by atoms with Gasteiger partial charge in [-0.25, -0.2) is 13.8 Å². The van der Waals surface area contributed by atoms with Crippen molar-refractivity contribution >= 4 is 10.9 Å². The largest absolute Gasteiger partial charge is 0.277 e. The summed E-state index contributed by atoms with van der Waals surface area (Å²) in [6, 6.07) is 9.49. The van der Waals surface area contributed by atoms with Gasteiger partial charge in [-0.2, -0.15) is 10.2 Å². The molecule has 0 atom stereocenters. The molecule has 1 aliphatic rings. The van der Waals surface area contributed by atoms with Crippen LogP contribution in [0.3, 0.4) is 0 Å². The van der Waals surface area contributed by atoms with E-state index in [1.165, 1.54) is 18.9 Å². The normalized spacial score (nSPS) is 14.2. The van der Waals surface area contributed by atoms with Crippen molar-refractivity contribution in [2.24, 2.45) is 5.92 Å². The number of aromatic amines is 2. The molecule has 0 spiro atoms. The monoisotopic (exact) mass is 351 g/mol. The molecule has 0 aliphatic heterocycles. The smallest absolute Gasteiger partial charge is 0.181 e. The van der Waals surface area contributed by atoms with Gasteiger partial charge in [0, 0.05) is 22.9 Å². The van der Waals surface area contributed by atoms with Gasteiger partial charge in [-0.05, 0) is 55.2 Å². The van der Waals surface area contributed by atoms with Crippen molar-refractivity contribution in [3.8, 4) is 22.6 Å². The number of benzene rings is 2. The first-order chi connectivity index (χ1) is 12.7. The minimum atomic E-state index is -0.895. The van der Waals surface area contributed by atoms with Crippen molar-refractivity contribution in [1.82, 2.24) is 25.4 Å². The van der Waals surface area contributed by atoms with Gasteiger partial charge in [-0.3, -0.25) is 10.2 Å². The minimum Gasteiger partial charge on any atom is -0.277 e. The van der Waals surface area contributed by atoms with E-state index in [1.807, 2.05) is 18.2 Å². The predicted octanol–water partition coefficient (Wildman–Crippen LogP) is 4.25. The second-order valence-electron chi connectivity index (χ2n) is 6.71. The zero-order valence-electron chi connectivity index (χ0n) is 13.8. The lowest BCUT2D eigenvalue weighted by molar-refractivity contribution is 0.509. The van der Waals surface area contributed by atoms with Crippen molar-refractivity contribution in [2.45, 2.75) is 19.3 Å². The van der Waals surface area contributed by atoms with E-state index in [-0.39, 0.29) is 0 Å². The molecule has 0 saturated heterocycles. The van der Waals surface area contributed by atoms with Crippen LogP contribution in [0.2, 0.25) is 0 Å². The highest BCUT2D eigenvalue weighted by Crippen LogP contribution is 2.33. The Kier molecular flexibility index (Phi) is 3.34. The third-order valence-corrected chi connectivity index (χ3v) is 4.72. The molecule has 0 bridgehead atoms. The van der Waals surface area contributed by atoms with Crippen molar-refractivity contribution in [3.05, 3.63) is 53.9 Å². The topological polar surface area (TPSA) is 70.2 Å². The number of nitrogens with one attached hydrogen (secondary N) is 2. The molecule has 0 radical (unpaired) electrons. The average Bonchev–Trinajstić information content (AvgIpc) is 3.17. The SMILES string of the molecule is Fc1ccc(-c2n[nH]c3ccc(-c4n[nH]c(CC5CC5)n4)cc23)cc1F. The van der Waals surface area contributed by atoms with Gasteiger partial charge in [-0.15, -0.1) is 0 Å². The Hall–Kier alpha value is -3.09. The maximum Gasteiger partial charge on any atom is 0.181 e. The molecular weight excluding hydrogens is 336 g/mol. The Labute approximate surface area is 147 Å². The lowest BCUT2D eigenvalue weighted by Crippen LogP contribution is -1.89. The summed E-state index contributed by atoms with van der Waals surface area (Å²) >= 11 is 0. The minimum absolute atomic E-state index is 0.511. The fourth-order valence-corrected chi connectivity index (χ4v) is 3.13. The van der Waals surface area contributed by atoms with Crippen LogP contribution in [0, 0.1) is 17.6 Å². The second kappa shape index (κ2) is 5.72. The van der Waals surface area contributed by atoms with Crippen LogP contribution in [-0.4, -0.2) is 25.4 Å². The molecule has 1 fully saturated rings. The molecule has 2 N–H and O–H groups in total. The summed E-state index contributed by atoms with van der Waals surface area (Å²) in [7, 11) is 0. The Morgan fingerprint density at radius 1 is 0.923 bits per heavy atom. The van der Waals surface area contributed by atoms with Gasteiger partial charge in [0.2, 0.25) is 0 Å². The molecule has 2 aromatic carbocycles. The lowest BCUT2D eigenvalue weighted by Gasteiger charge is -2.01. The number of nitrogens with zero attached hydrogens (tertiary/aromatic N) is 3. The standard InChI is InChI=1S/C19H15F2N5/c20-14-5-3-11(9-15(14)21)18-13-8-12(4-6-16(13)23-25-18)19-22-17(24-26-19)7-10-1-2-10/h3-6,8-10H,1-2,7H2,(H,23,25)(H,22,24,26). The zero-order valence-corrected chi connectivity index (χ0v) is 13.8. The van der Waals surface area contributed by atoms with Crippen LogP contribution in [0.1, 0.15) is 18.7 Å². The molecule has 5 nitrogen and oxygen atoms in total. The van der Waals surface area contributed by atoms with Crippen LogP contribution in [0.5, 0.6) is 0 Å². The van der Waals surface area contributed by atoms with Crippen LogP contribution in [0.4, 0.5) is 8.78 Å². The fourth-order valence-electron chi connectivity index (χ4n) is 3.13. The van der Waals surface area contributed by atoms with Crippen molar-refractivity contribution in [2.75, 3.05) is 0 Å². The highest BCUT2D eigenvalue weighted by atomic mass is 19.2. The van der Waals surface area contributed by atoms with Crippen LogP contribution < -0.4 is 0 Å². The van der Waals surface area contributed by atoms with E-state index in [9.17, 15) is 8.78 Å². The third-order valence-electron chi connectivity index (χ3n) is 4.72. The molecular formula is C19H15F2N5. The van der Waals surface area contributed by atoms with E-state index < -0.39 is 11.6 Å². The van der Waals surface area contributed by atoms with E-state index in [2.05, 4.69) is 25.4 Å². The second-order valence-corrected chi connectivity index (χ2v) is 6.71. The first-order valence-corrected chi connectivity index (χ1v) is 8.52. The highest BCUT2D eigenvalue weighted by molar-refractivity contribution is 5.95. The molecule has 7 heteroatoms. The van der Waals surface area contributed by atoms with Crippen LogP contribution in [0.15, 0.2) is 36.4 Å². The van der Waals surface area contributed by atoms with E-state index in [4.69, 9.17) is 0 Å². The molecule has 1 saturated carbocycles. The Bertz CT molecular complexity index is 1110. The molecule has 1 aliphatic carbocycles. The summed E-state index contributed by atoms with van der Waals surface area (Å²) in [4.78, 5) is 4.57. The molecule has 5 rings (SSSR count). The lowest BCUT2D eigenvalue weighted by atomic mass is 10.1. The summed E-state index contributed by atoms with van der Waals surface area (Å²) in [5.41, 5.74) is 2.73. The van der Waals surface area contributed by atoms with Gasteiger partial charge in [0.15, 0.2) is 17.5 Å². The number of rotatable bonds is 4. The predicted molar refractivity (Wildman–Crippen MR) is 93.3 cm³/mol. The molecule has 0 unspecified atom stereocenters. The van der Waals surface area contributed by atoms with Crippen molar-refractivity contribution < 1.29 is 8.78 Å². The maximum atomic E-state index is 13.6. The van der Waals surface area contributed by atoms with Crippen molar-refractivity contribution in [1.29, 1.82) is 0 Å². The summed E-state index contributed by atoms with van der Waals surface area (Å²) in [6.07, 6.45) is 3.45. The molecule has 4 aromatic rings. The van der Waals surface area contributed by atoms with E-state index in [0.29, 0.717) is 17.1 Å². The number of hydrogen-bond donors (Lipinski definition) is 2. The van der Waals surface area contributed by atoms with Crippen LogP contribution >= 0.6 is 0 Å². The molecule has 130 valence electrons. The quantitative estimate of drug-likeness (QED) is 0.577. The van der Waals surface area contributed by atoms with E-state index >= 15 is 0 Å². The number of halogens is 2. The molecule has 0 amide bonds. The van der Waals surface area contributed by atoms with Crippen LogP contribution in [0.25, 0.3) is 33.5 Å².